The number of hydrogen-bond donors (Lipinski definition) is 0. The summed E-state index contributed by atoms with van der Waals surface area (Å²) >= 11 is 3.23. The van der Waals surface area contributed by atoms with E-state index in [9.17, 15) is 9.59 Å². The molecule has 2 amide bonds. The predicted molar refractivity (Wildman–Crippen MR) is 122 cm³/mol. The van der Waals surface area contributed by atoms with Crippen LogP contribution in [0, 0.1) is 6.92 Å². The van der Waals surface area contributed by atoms with Crippen molar-refractivity contribution in [2.75, 3.05) is 31.9 Å². The molecule has 0 bridgehead atoms. The number of aromatic nitrogens is 2. The van der Waals surface area contributed by atoms with Gasteiger partial charge in [-0.25, -0.2) is 9.97 Å². The van der Waals surface area contributed by atoms with E-state index < -0.39 is 0 Å². The molecule has 3 aromatic rings. The van der Waals surface area contributed by atoms with Crippen LogP contribution in [0.1, 0.15) is 18.9 Å². The highest BCUT2D eigenvalue weighted by Crippen LogP contribution is 2.38. The first kappa shape index (κ1) is 20.8. The number of nitrogens with zero attached hydrogens (tertiary/aromatic N) is 4. The van der Waals surface area contributed by atoms with Crippen LogP contribution in [0.2, 0.25) is 0 Å². The first-order valence-electron chi connectivity index (χ1n) is 9.98. The monoisotopic (exact) mass is 440 g/mol. The summed E-state index contributed by atoms with van der Waals surface area (Å²) in [6.07, 6.45) is 2.06. The van der Waals surface area contributed by atoms with Crippen LogP contribution in [0.25, 0.3) is 21.3 Å². The summed E-state index contributed by atoms with van der Waals surface area (Å²) in [5, 5.41) is 4.12. The summed E-state index contributed by atoms with van der Waals surface area (Å²) in [5.41, 5.74) is 3.53. The van der Waals surface area contributed by atoms with Gasteiger partial charge in [0.2, 0.25) is 11.8 Å². The molecule has 6 nitrogen and oxygen atoms in total. The molecule has 8 heteroatoms. The number of thioether (sulfide) groups is 1. The van der Waals surface area contributed by atoms with Crippen molar-refractivity contribution in [2.45, 2.75) is 25.3 Å². The maximum atomic E-state index is 12.6. The topological polar surface area (TPSA) is 66.4 Å². The molecule has 1 aliphatic rings. The largest absolute Gasteiger partial charge is 0.339 e. The van der Waals surface area contributed by atoms with Crippen molar-refractivity contribution < 1.29 is 9.59 Å². The standard InChI is InChI=1S/C22H24N4O2S2/c1-15-3-5-17(6-4-15)18-13-30-22-20(18)21(23-14-24-22)29-12-7-19(28)26-10-8-25(9-11-26)16(2)27/h3-6,13-14H,7-12H2,1-2H3. The fraction of sp³-hybridized carbons (Fsp3) is 0.364. The van der Waals surface area contributed by atoms with Crippen LogP contribution in [0.4, 0.5) is 0 Å². The lowest BCUT2D eigenvalue weighted by Gasteiger charge is -2.34. The quantitative estimate of drug-likeness (QED) is 0.445. The molecule has 30 heavy (non-hydrogen) atoms. The molecule has 2 aromatic heterocycles. The molecule has 0 N–H and O–H groups in total. The van der Waals surface area contributed by atoms with Crippen LogP contribution < -0.4 is 0 Å². The summed E-state index contributed by atoms with van der Waals surface area (Å²) in [6.45, 7) is 6.12. The lowest BCUT2D eigenvalue weighted by molar-refractivity contribution is -0.138. The van der Waals surface area contributed by atoms with Crippen LogP contribution >= 0.6 is 23.1 Å². The number of rotatable bonds is 5. The van der Waals surface area contributed by atoms with E-state index in [1.165, 1.54) is 5.56 Å². The van der Waals surface area contributed by atoms with Crippen molar-refractivity contribution in [3.05, 3.63) is 41.5 Å². The van der Waals surface area contributed by atoms with Crippen molar-refractivity contribution in [1.29, 1.82) is 0 Å². The van der Waals surface area contributed by atoms with Crippen molar-refractivity contribution in [1.82, 2.24) is 19.8 Å². The molecule has 0 atom stereocenters. The number of aryl methyl sites for hydroxylation is 1. The van der Waals surface area contributed by atoms with Crippen LogP contribution in [0.15, 0.2) is 41.0 Å². The Morgan fingerprint density at radius 2 is 1.77 bits per heavy atom. The third kappa shape index (κ3) is 4.49. The molecule has 1 aromatic carbocycles. The Labute approximate surface area is 184 Å². The fourth-order valence-corrected chi connectivity index (χ4v) is 5.49. The summed E-state index contributed by atoms with van der Waals surface area (Å²) in [4.78, 5) is 37.6. The minimum absolute atomic E-state index is 0.0746. The van der Waals surface area contributed by atoms with Crippen LogP contribution in [-0.2, 0) is 9.59 Å². The summed E-state index contributed by atoms with van der Waals surface area (Å²) in [6, 6.07) is 8.48. The van der Waals surface area contributed by atoms with Crippen molar-refractivity contribution in [3.8, 4) is 11.1 Å². The summed E-state index contributed by atoms with van der Waals surface area (Å²) in [5.74, 6) is 0.881. The Kier molecular flexibility index (Phi) is 6.34. The predicted octanol–water partition coefficient (Wildman–Crippen LogP) is 3.84. The van der Waals surface area contributed by atoms with Gasteiger partial charge in [0.1, 0.15) is 16.2 Å². The number of carbonyl (C=O) groups excluding carboxylic acids is 2. The molecule has 156 valence electrons. The minimum Gasteiger partial charge on any atom is -0.339 e. The highest BCUT2D eigenvalue weighted by Gasteiger charge is 2.22. The van der Waals surface area contributed by atoms with Crippen LogP contribution in [0.5, 0.6) is 0 Å². The van der Waals surface area contributed by atoms with E-state index in [0.717, 1.165) is 26.4 Å². The Bertz CT molecular complexity index is 1060. The first-order valence-corrected chi connectivity index (χ1v) is 11.8. The number of fused-ring (bicyclic) bond motifs is 1. The molecule has 3 heterocycles. The Balaban J connectivity index is 1.42. The zero-order chi connectivity index (χ0) is 21.1. The molecular weight excluding hydrogens is 416 g/mol. The molecule has 1 fully saturated rings. The lowest BCUT2D eigenvalue weighted by atomic mass is 10.1. The molecule has 4 rings (SSSR count). The van der Waals surface area contributed by atoms with Gasteiger partial charge in [0.15, 0.2) is 0 Å². The van der Waals surface area contributed by atoms with Gasteiger partial charge < -0.3 is 9.80 Å². The smallest absolute Gasteiger partial charge is 0.223 e. The number of piperazine rings is 1. The van der Waals surface area contributed by atoms with E-state index in [1.807, 2.05) is 4.90 Å². The van der Waals surface area contributed by atoms with Crippen molar-refractivity contribution >= 4 is 45.1 Å². The zero-order valence-electron chi connectivity index (χ0n) is 17.1. The van der Waals surface area contributed by atoms with Crippen molar-refractivity contribution in [2.24, 2.45) is 0 Å². The van der Waals surface area contributed by atoms with Gasteiger partial charge in [0.25, 0.3) is 0 Å². The average Bonchev–Trinajstić information content (AvgIpc) is 3.19. The fourth-order valence-electron chi connectivity index (χ4n) is 3.57. The molecule has 1 aliphatic heterocycles. The third-order valence-corrected chi connectivity index (χ3v) is 7.21. The second-order valence-electron chi connectivity index (χ2n) is 7.36. The molecule has 0 saturated carbocycles. The van der Waals surface area contributed by atoms with Gasteiger partial charge in [-0.15, -0.1) is 23.1 Å². The highest BCUT2D eigenvalue weighted by atomic mass is 32.2. The zero-order valence-corrected chi connectivity index (χ0v) is 18.8. The van der Waals surface area contributed by atoms with Crippen LogP contribution in [0.3, 0.4) is 0 Å². The Hall–Kier alpha value is -2.45. The summed E-state index contributed by atoms with van der Waals surface area (Å²) in [7, 11) is 0. The minimum atomic E-state index is 0.0746. The molecule has 1 saturated heterocycles. The van der Waals surface area contributed by atoms with E-state index in [-0.39, 0.29) is 11.8 Å². The number of carbonyl (C=O) groups is 2. The van der Waals surface area contributed by atoms with Gasteiger partial charge in [-0.05, 0) is 12.5 Å². The average molecular weight is 441 g/mol. The molecule has 0 unspecified atom stereocenters. The van der Waals surface area contributed by atoms with Gasteiger partial charge >= 0.3 is 0 Å². The van der Waals surface area contributed by atoms with E-state index in [4.69, 9.17) is 0 Å². The summed E-state index contributed by atoms with van der Waals surface area (Å²) < 4.78 is 0. The van der Waals surface area contributed by atoms with Gasteiger partial charge in [-0.1, -0.05) is 29.8 Å². The maximum absolute atomic E-state index is 12.6. The first-order chi connectivity index (χ1) is 14.5. The van der Waals surface area contributed by atoms with E-state index in [2.05, 4.69) is 46.5 Å². The number of amides is 2. The molecule has 0 aliphatic carbocycles. The number of hydrogen-bond acceptors (Lipinski definition) is 6. The second-order valence-corrected chi connectivity index (χ2v) is 9.30. The Morgan fingerprint density at radius 1 is 1.07 bits per heavy atom. The normalized spacial score (nSPS) is 14.3. The highest BCUT2D eigenvalue weighted by molar-refractivity contribution is 7.99. The maximum Gasteiger partial charge on any atom is 0.223 e. The van der Waals surface area contributed by atoms with Crippen LogP contribution in [-0.4, -0.2) is 63.5 Å². The SMILES string of the molecule is CC(=O)N1CCN(C(=O)CCSc2ncnc3scc(-c4ccc(C)cc4)c23)CC1. The number of benzene rings is 1. The molecular formula is C22H24N4O2S2. The third-order valence-electron chi connectivity index (χ3n) is 5.33. The van der Waals surface area contributed by atoms with Gasteiger partial charge in [0.05, 0.1) is 5.39 Å². The molecule has 0 spiro atoms. The van der Waals surface area contributed by atoms with Gasteiger partial charge in [0, 0.05) is 56.2 Å². The van der Waals surface area contributed by atoms with E-state index in [1.54, 1.807) is 41.2 Å². The lowest BCUT2D eigenvalue weighted by Crippen LogP contribution is -2.50. The van der Waals surface area contributed by atoms with Gasteiger partial charge in [-0.3, -0.25) is 9.59 Å². The number of thiophene rings is 1. The van der Waals surface area contributed by atoms with Crippen molar-refractivity contribution in [3.63, 3.8) is 0 Å². The second kappa shape index (κ2) is 9.14. The van der Waals surface area contributed by atoms with E-state index in [0.29, 0.717) is 38.4 Å². The Morgan fingerprint density at radius 3 is 2.47 bits per heavy atom. The van der Waals surface area contributed by atoms with E-state index >= 15 is 0 Å². The van der Waals surface area contributed by atoms with Gasteiger partial charge in [-0.2, -0.15) is 0 Å². The molecule has 0 radical (unpaired) electrons.